The van der Waals surface area contributed by atoms with E-state index in [0.29, 0.717) is 35.2 Å². The van der Waals surface area contributed by atoms with Gasteiger partial charge in [-0.15, -0.1) is 11.3 Å². The Morgan fingerprint density at radius 3 is 2.56 bits per heavy atom. The maximum atomic E-state index is 13.7. The Hall–Kier alpha value is -2.93. The van der Waals surface area contributed by atoms with E-state index >= 15 is 0 Å². The second-order valence-corrected chi connectivity index (χ2v) is 6.73. The molecule has 1 aromatic heterocycles. The molecule has 1 N–H and O–H groups in total. The first-order valence-corrected chi connectivity index (χ1v) is 9.30. The lowest BCUT2D eigenvalue weighted by Crippen LogP contribution is -2.20. The third kappa shape index (κ3) is 5.27. The van der Waals surface area contributed by atoms with Gasteiger partial charge in [0, 0.05) is 17.5 Å². The number of hydrogen-bond donors (Lipinski definition) is 1. The summed E-state index contributed by atoms with van der Waals surface area (Å²) in [7, 11) is 0. The van der Waals surface area contributed by atoms with Crippen molar-refractivity contribution in [3.8, 4) is 11.5 Å². The van der Waals surface area contributed by atoms with Crippen molar-refractivity contribution in [2.45, 2.75) is 13.3 Å². The summed E-state index contributed by atoms with van der Waals surface area (Å²) in [6, 6.07) is 13.8. The molecule has 7 heteroatoms. The van der Waals surface area contributed by atoms with Gasteiger partial charge in [-0.2, -0.15) is 0 Å². The number of thiazole rings is 1. The number of carbonyl (C=O) groups is 1. The fraction of sp³-hybridized carbons (Fsp3) is 0.200. The van der Waals surface area contributed by atoms with Crippen LogP contribution in [0.15, 0.2) is 54.7 Å². The molecule has 0 aliphatic heterocycles. The Bertz CT molecular complexity index is 914. The molecule has 0 saturated heterocycles. The van der Waals surface area contributed by atoms with Crippen molar-refractivity contribution in [3.63, 3.8) is 0 Å². The van der Waals surface area contributed by atoms with Crippen LogP contribution >= 0.6 is 11.3 Å². The summed E-state index contributed by atoms with van der Waals surface area (Å²) in [5, 5.41) is 3.15. The molecule has 0 aliphatic carbocycles. The Labute approximate surface area is 160 Å². The quantitative estimate of drug-likeness (QED) is 0.627. The van der Waals surface area contributed by atoms with Gasteiger partial charge in [0.05, 0.1) is 6.61 Å². The van der Waals surface area contributed by atoms with Gasteiger partial charge < -0.3 is 9.47 Å². The molecule has 0 atom stereocenters. The number of halogens is 1. The van der Waals surface area contributed by atoms with Crippen molar-refractivity contribution >= 4 is 22.4 Å². The number of anilines is 1. The van der Waals surface area contributed by atoms with E-state index in [1.54, 1.807) is 36.5 Å². The lowest BCUT2D eigenvalue weighted by Gasteiger charge is -2.10. The zero-order valence-corrected chi connectivity index (χ0v) is 15.6. The zero-order chi connectivity index (χ0) is 19.1. The van der Waals surface area contributed by atoms with Crippen LogP contribution in [0.25, 0.3) is 0 Å². The van der Waals surface area contributed by atoms with Crippen LogP contribution in [0.2, 0.25) is 0 Å². The van der Waals surface area contributed by atoms with Gasteiger partial charge in [0.2, 0.25) is 0 Å². The molecule has 2 aromatic carbocycles. The van der Waals surface area contributed by atoms with Gasteiger partial charge in [-0.05, 0) is 30.7 Å². The van der Waals surface area contributed by atoms with Crippen molar-refractivity contribution in [2.24, 2.45) is 0 Å². The fourth-order valence-corrected chi connectivity index (χ4v) is 3.27. The lowest BCUT2D eigenvalue weighted by molar-refractivity contribution is -0.118. The van der Waals surface area contributed by atoms with Crippen LogP contribution in [0.3, 0.4) is 0 Å². The topological polar surface area (TPSA) is 60.5 Å². The van der Waals surface area contributed by atoms with Crippen molar-refractivity contribution < 1.29 is 18.7 Å². The number of ether oxygens (including phenoxy) is 2. The number of carbonyl (C=O) groups excluding carboxylic acids is 1. The van der Waals surface area contributed by atoms with Gasteiger partial charge in [-0.1, -0.05) is 30.3 Å². The van der Waals surface area contributed by atoms with Crippen LogP contribution in [-0.4, -0.2) is 24.1 Å². The predicted octanol–water partition coefficient (Wildman–Crippen LogP) is 4.29. The van der Waals surface area contributed by atoms with E-state index < -0.39 is 0 Å². The van der Waals surface area contributed by atoms with E-state index in [0.717, 1.165) is 4.88 Å². The molecule has 0 radical (unpaired) electrons. The number of nitrogens with zero attached hydrogens (tertiary/aromatic N) is 1. The number of benzene rings is 2. The first kappa shape index (κ1) is 18.8. The average Bonchev–Trinajstić information content (AvgIpc) is 3.10. The zero-order valence-electron chi connectivity index (χ0n) is 14.8. The minimum Gasteiger partial charge on any atom is -0.490 e. The van der Waals surface area contributed by atoms with E-state index in [-0.39, 0.29) is 18.3 Å². The summed E-state index contributed by atoms with van der Waals surface area (Å²) in [6.45, 7) is 2.23. The minimum absolute atomic E-state index is 0.160. The van der Waals surface area contributed by atoms with Gasteiger partial charge in [0.15, 0.2) is 23.2 Å². The molecule has 27 heavy (non-hydrogen) atoms. The van der Waals surface area contributed by atoms with Gasteiger partial charge in [0.1, 0.15) is 5.82 Å². The largest absolute Gasteiger partial charge is 0.490 e. The number of amides is 1. The van der Waals surface area contributed by atoms with Crippen molar-refractivity contribution in [2.75, 3.05) is 18.5 Å². The Morgan fingerprint density at radius 1 is 1.11 bits per heavy atom. The molecule has 1 amide bonds. The van der Waals surface area contributed by atoms with Crippen LogP contribution in [0.5, 0.6) is 11.5 Å². The minimum atomic E-state index is -0.326. The normalized spacial score (nSPS) is 10.4. The molecule has 0 spiro atoms. The van der Waals surface area contributed by atoms with E-state index in [1.807, 2.05) is 19.1 Å². The number of nitrogens with one attached hydrogen (secondary N) is 1. The lowest BCUT2D eigenvalue weighted by atomic mass is 10.1. The Morgan fingerprint density at radius 2 is 1.81 bits per heavy atom. The second kappa shape index (κ2) is 9.14. The summed E-state index contributed by atoms with van der Waals surface area (Å²) in [4.78, 5) is 17.1. The molecule has 0 aliphatic rings. The molecule has 0 unspecified atom stereocenters. The molecule has 0 bridgehead atoms. The average molecular weight is 386 g/mol. The number of para-hydroxylation sites is 2. The van der Waals surface area contributed by atoms with Crippen molar-refractivity contribution in [3.05, 3.63) is 71.0 Å². The number of hydrogen-bond acceptors (Lipinski definition) is 5. The predicted molar refractivity (Wildman–Crippen MR) is 103 cm³/mol. The van der Waals surface area contributed by atoms with Gasteiger partial charge in [0.25, 0.3) is 5.91 Å². The highest BCUT2D eigenvalue weighted by Crippen LogP contribution is 2.26. The number of aromatic nitrogens is 1. The molecule has 0 fully saturated rings. The molecular weight excluding hydrogens is 367 g/mol. The van der Waals surface area contributed by atoms with E-state index in [4.69, 9.17) is 9.47 Å². The van der Waals surface area contributed by atoms with E-state index in [1.165, 1.54) is 17.4 Å². The molecule has 3 rings (SSSR count). The third-order valence-corrected chi connectivity index (χ3v) is 4.54. The molecule has 140 valence electrons. The summed E-state index contributed by atoms with van der Waals surface area (Å²) in [6.07, 6.45) is 2.07. The standard InChI is InChI=1S/C20H19FN2O3S/c1-2-25-17-9-5-6-10-18(17)26-13-19(24)23-20-22-12-15(27-20)11-14-7-3-4-8-16(14)21/h3-10,12H,2,11,13H2,1H3,(H,22,23,24). The highest BCUT2D eigenvalue weighted by Gasteiger charge is 2.11. The monoisotopic (exact) mass is 386 g/mol. The van der Waals surface area contributed by atoms with E-state index in [9.17, 15) is 9.18 Å². The second-order valence-electron chi connectivity index (χ2n) is 5.62. The van der Waals surface area contributed by atoms with Gasteiger partial charge in [-0.3, -0.25) is 10.1 Å². The van der Waals surface area contributed by atoms with Crippen LogP contribution in [-0.2, 0) is 11.2 Å². The summed E-state index contributed by atoms with van der Waals surface area (Å²) in [5.74, 6) is 0.522. The van der Waals surface area contributed by atoms with Crippen molar-refractivity contribution in [1.82, 2.24) is 4.98 Å². The smallest absolute Gasteiger partial charge is 0.264 e. The van der Waals surface area contributed by atoms with E-state index in [2.05, 4.69) is 10.3 Å². The summed E-state index contributed by atoms with van der Waals surface area (Å²) < 4.78 is 24.7. The maximum absolute atomic E-state index is 13.7. The highest BCUT2D eigenvalue weighted by molar-refractivity contribution is 7.15. The van der Waals surface area contributed by atoms with Crippen LogP contribution < -0.4 is 14.8 Å². The molecular formula is C20H19FN2O3S. The SMILES string of the molecule is CCOc1ccccc1OCC(=O)Nc1ncc(Cc2ccccc2F)s1. The third-order valence-electron chi connectivity index (χ3n) is 3.63. The first-order chi connectivity index (χ1) is 13.2. The maximum Gasteiger partial charge on any atom is 0.264 e. The molecule has 1 heterocycles. The molecule has 5 nitrogen and oxygen atoms in total. The van der Waals surface area contributed by atoms with Crippen LogP contribution in [0.1, 0.15) is 17.4 Å². The highest BCUT2D eigenvalue weighted by atomic mass is 32.1. The summed E-state index contributed by atoms with van der Waals surface area (Å²) in [5.41, 5.74) is 0.592. The molecule has 0 saturated carbocycles. The van der Waals surface area contributed by atoms with Crippen LogP contribution in [0.4, 0.5) is 9.52 Å². The number of rotatable bonds is 8. The van der Waals surface area contributed by atoms with Crippen LogP contribution in [0, 0.1) is 5.82 Å². The first-order valence-electron chi connectivity index (χ1n) is 8.48. The van der Waals surface area contributed by atoms with Gasteiger partial charge >= 0.3 is 0 Å². The Balaban J connectivity index is 1.55. The van der Waals surface area contributed by atoms with Crippen molar-refractivity contribution in [1.29, 1.82) is 0 Å². The fourth-order valence-electron chi connectivity index (χ4n) is 2.42. The van der Waals surface area contributed by atoms with Gasteiger partial charge in [-0.25, -0.2) is 9.37 Å². The Kier molecular flexibility index (Phi) is 6.38. The molecule has 3 aromatic rings. The summed E-state index contributed by atoms with van der Waals surface area (Å²) >= 11 is 1.31.